The lowest BCUT2D eigenvalue weighted by Crippen LogP contribution is -1.63. The average Bonchev–Trinajstić information content (AvgIpc) is 2.81. The molecule has 1 nitrogen and oxygen atoms in total. The fourth-order valence-corrected chi connectivity index (χ4v) is 1.40. The van der Waals surface area contributed by atoms with E-state index in [9.17, 15) is 0 Å². The van der Waals surface area contributed by atoms with E-state index in [1.807, 2.05) is 78.9 Å². The molecule has 3 aromatic rings. The first-order valence-electron chi connectivity index (χ1n) is 8.24. The molecule has 142 valence electrons. The minimum Gasteiger partial charge on any atom is -0.508 e. The van der Waals surface area contributed by atoms with Crippen molar-refractivity contribution in [2.45, 2.75) is 0 Å². The monoisotopic (exact) mass is 360 g/mol. The number of hydrogen-bond donors (Lipinski definition) is 1. The van der Waals surface area contributed by atoms with E-state index >= 15 is 0 Å². The summed E-state index contributed by atoms with van der Waals surface area (Å²) in [7, 11) is 0. The van der Waals surface area contributed by atoms with E-state index in [0.29, 0.717) is 5.75 Å². The third-order valence-corrected chi connectivity index (χ3v) is 2.46. The lowest BCUT2D eigenvalue weighted by Gasteiger charge is -1.85. The number of aromatic hydroxyl groups is 1. The fraction of sp³-hybridized carbons (Fsp3) is 0. The number of phenolic OH excluding ortho intramolecular Hbond substituents is 1. The quantitative estimate of drug-likeness (QED) is 0.439. The van der Waals surface area contributed by atoms with Crippen LogP contribution in [0.3, 0.4) is 0 Å². The Labute approximate surface area is 166 Å². The van der Waals surface area contributed by atoms with Gasteiger partial charge in [-0.1, -0.05) is 97.6 Å². The van der Waals surface area contributed by atoms with Crippen molar-refractivity contribution >= 4 is 6.08 Å². The number of hydrogen-bond acceptors (Lipinski definition) is 1. The molecule has 0 radical (unpaired) electrons. The Balaban J connectivity index is -0.000000282. The number of para-hydroxylation sites is 1. The summed E-state index contributed by atoms with van der Waals surface area (Å²) in [5, 5.41) is 8.63. The molecule has 0 aliphatic rings. The largest absolute Gasteiger partial charge is 0.508 e. The maximum atomic E-state index is 8.63. The van der Waals surface area contributed by atoms with Crippen molar-refractivity contribution in [3.63, 3.8) is 0 Å². The highest BCUT2D eigenvalue weighted by atomic mass is 16.3. The molecule has 1 N–H and O–H groups in total. The first-order valence-corrected chi connectivity index (χ1v) is 8.24. The maximum absolute atomic E-state index is 8.63. The van der Waals surface area contributed by atoms with E-state index in [2.05, 4.69) is 46.1 Å². The van der Waals surface area contributed by atoms with Gasteiger partial charge in [-0.15, -0.1) is 39.5 Å². The SMILES string of the molecule is C=C.C=C.C=C.C=Cc1ccccc1.Oc1ccccc1.c1ccccc1. The highest BCUT2D eigenvalue weighted by Crippen LogP contribution is 2.02. The Bertz CT molecular complexity index is 587. The van der Waals surface area contributed by atoms with Gasteiger partial charge < -0.3 is 5.11 Å². The molecule has 27 heavy (non-hydrogen) atoms. The second-order valence-corrected chi connectivity index (χ2v) is 4.11. The molecular weight excluding hydrogens is 328 g/mol. The molecule has 0 amide bonds. The van der Waals surface area contributed by atoms with Crippen LogP contribution >= 0.6 is 0 Å². The van der Waals surface area contributed by atoms with Crippen molar-refractivity contribution in [1.82, 2.24) is 0 Å². The van der Waals surface area contributed by atoms with E-state index < -0.39 is 0 Å². The molecule has 0 spiro atoms. The topological polar surface area (TPSA) is 20.2 Å². The summed E-state index contributed by atoms with van der Waals surface area (Å²) in [6.07, 6.45) is 1.83. The summed E-state index contributed by atoms with van der Waals surface area (Å²) < 4.78 is 0. The van der Waals surface area contributed by atoms with Crippen LogP contribution in [0.5, 0.6) is 5.75 Å². The Morgan fingerprint density at radius 3 is 0.926 bits per heavy atom. The lowest BCUT2D eigenvalue weighted by atomic mass is 10.2. The second-order valence-electron chi connectivity index (χ2n) is 4.11. The van der Waals surface area contributed by atoms with Crippen molar-refractivity contribution in [3.05, 3.63) is 149 Å². The lowest BCUT2D eigenvalue weighted by molar-refractivity contribution is 0.475. The van der Waals surface area contributed by atoms with Gasteiger partial charge in [-0.3, -0.25) is 0 Å². The van der Waals surface area contributed by atoms with Crippen molar-refractivity contribution in [3.8, 4) is 5.75 Å². The maximum Gasteiger partial charge on any atom is 0.115 e. The Hall–Kier alpha value is -3.58. The fourth-order valence-electron chi connectivity index (χ4n) is 1.40. The standard InChI is InChI=1S/C8H8.C6H6O.C6H6.3C2H4/c1-2-8-6-4-3-5-7-8;7-6-4-2-1-3-5-6;1-2-4-6-5-3-1;3*1-2/h2-7H,1H2;1-5,7H;1-6H;3*1-2H2. The third-order valence-electron chi connectivity index (χ3n) is 2.46. The molecular formula is C26H32O. The molecule has 0 unspecified atom stereocenters. The van der Waals surface area contributed by atoms with Crippen LogP contribution in [-0.4, -0.2) is 5.11 Å². The summed E-state index contributed by atoms with van der Waals surface area (Å²) in [6, 6.07) is 30.7. The number of benzene rings is 3. The van der Waals surface area contributed by atoms with E-state index in [1.165, 1.54) is 5.56 Å². The van der Waals surface area contributed by atoms with Crippen LogP contribution in [0, 0.1) is 0 Å². The van der Waals surface area contributed by atoms with Crippen molar-refractivity contribution in [1.29, 1.82) is 0 Å². The molecule has 0 aromatic heterocycles. The van der Waals surface area contributed by atoms with E-state index in [1.54, 1.807) is 24.3 Å². The third kappa shape index (κ3) is 22.4. The molecule has 3 rings (SSSR count). The molecule has 0 aliphatic heterocycles. The van der Waals surface area contributed by atoms with Crippen molar-refractivity contribution in [2.24, 2.45) is 0 Å². The van der Waals surface area contributed by atoms with Crippen LogP contribution < -0.4 is 0 Å². The molecule has 0 fully saturated rings. The van der Waals surface area contributed by atoms with Gasteiger partial charge in [0.25, 0.3) is 0 Å². The predicted molar refractivity (Wildman–Crippen MR) is 125 cm³/mol. The van der Waals surface area contributed by atoms with E-state index in [0.717, 1.165) is 0 Å². The molecule has 0 atom stereocenters. The Morgan fingerprint density at radius 2 is 0.741 bits per heavy atom. The predicted octanol–water partition coefficient (Wildman–Crippen LogP) is 7.82. The summed E-state index contributed by atoms with van der Waals surface area (Å²) in [5.41, 5.74) is 1.17. The highest BCUT2D eigenvalue weighted by Gasteiger charge is 1.76. The Morgan fingerprint density at radius 1 is 0.481 bits per heavy atom. The minimum atomic E-state index is 0.322. The summed E-state index contributed by atoms with van der Waals surface area (Å²) in [5.74, 6) is 0.322. The van der Waals surface area contributed by atoms with Crippen molar-refractivity contribution < 1.29 is 5.11 Å². The summed E-state index contributed by atoms with van der Waals surface area (Å²) >= 11 is 0. The first-order chi connectivity index (χ1) is 13.3. The van der Waals surface area contributed by atoms with Gasteiger partial charge >= 0.3 is 0 Å². The van der Waals surface area contributed by atoms with Gasteiger partial charge in [0.05, 0.1) is 0 Å². The second kappa shape index (κ2) is 27.3. The zero-order valence-corrected chi connectivity index (χ0v) is 16.2. The van der Waals surface area contributed by atoms with Crippen LogP contribution in [-0.2, 0) is 0 Å². The highest BCUT2D eigenvalue weighted by molar-refractivity contribution is 5.45. The molecule has 1 heteroatoms. The van der Waals surface area contributed by atoms with Gasteiger partial charge in [-0.2, -0.15) is 0 Å². The molecule has 0 saturated heterocycles. The van der Waals surface area contributed by atoms with Gasteiger partial charge in [0.2, 0.25) is 0 Å². The van der Waals surface area contributed by atoms with Gasteiger partial charge in [0.15, 0.2) is 0 Å². The van der Waals surface area contributed by atoms with Gasteiger partial charge in [-0.25, -0.2) is 0 Å². The van der Waals surface area contributed by atoms with Crippen LogP contribution in [0.4, 0.5) is 0 Å². The average molecular weight is 361 g/mol. The zero-order valence-electron chi connectivity index (χ0n) is 16.2. The van der Waals surface area contributed by atoms with Crippen LogP contribution in [0.2, 0.25) is 0 Å². The molecule has 0 aliphatic carbocycles. The van der Waals surface area contributed by atoms with Gasteiger partial charge in [0, 0.05) is 0 Å². The molecule has 0 heterocycles. The normalized spacial score (nSPS) is 6.96. The Kier molecular flexibility index (Phi) is 28.5. The zero-order chi connectivity index (χ0) is 21.2. The van der Waals surface area contributed by atoms with Crippen molar-refractivity contribution in [2.75, 3.05) is 0 Å². The molecule has 0 bridgehead atoms. The van der Waals surface area contributed by atoms with E-state index in [4.69, 9.17) is 5.11 Å². The van der Waals surface area contributed by atoms with Gasteiger partial charge in [-0.05, 0) is 17.7 Å². The minimum absolute atomic E-state index is 0.322. The number of rotatable bonds is 1. The molecule has 3 aromatic carbocycles. The van der Waals surface area contributed by atoms with Crippen LogP contribution in [0.25, 0.3) is 6.08 Å². The van der Waals surface area contributed by atoms with E-state index in [-0.39, 0.29) is 0 Å². The van der Waals surface area contributed by atoms with Crippen LogP contribution in [0.15, 0.2) is 143 Å². The first kappa shape index (κ1) is 28.2. The summed E-state index contributed by atoms with van der Waals surface area (Å²) in [4.78, 5) is 0. The molecule has 0 saturated carbocycles. The van der Waals surface area contributed by atoms with Gasteiger partial charge in [0.1, 0.15) is 5.75 Å². The number of phenols is 1. The van der Waals surface area contributed by atoms with Crippen LogP contribution in [0.1, 0.15) is 5.56 Å². The summed E-state index contributed by atoms with van der Waals surface area (Å²) in [6.45, 7) is 21.6. The smallest absolute Gasteiger partial charge is 0.115 e.